The van der Waals surface area contributed by atoms with E-state index >= 15 is 0 Å². The van der Waals surface area contributed by atoms with E-state index in [2.05, 4.69) is 52.1 Å². The van der Waals surface area contributed by atoms with Crippen LogP contribution < -0.4 is 14.9 Å². The van der Waals surface area contributed by atoms with Crippen molar-refractivity contribution in [1.29, 1.82) is 0 Å². The van der Waals surface area contributed by atoms with E-state index in [9.17, 15) is 14.7 Å². The summed E-state index contributed by atoms with van der Waals surface area (Å²) >= 11 is 6.30. The number of amides is 1. The molecule has 0 aliphatic rings. The van der Waals surface area contributed by atoms with E-state index in [1.165, 1.54) is 6.21 Å². The number of hydrazone groups is 1. The van der Waals surface area contributed by atoms with Crippen LogP contribution in [0.1, 0.15) is 80.6 Å². The number of nitrogens with one attached hydrogen (secondary N) is 1. The summed E-state index contributed by atoms with van der Waals surface area (Å²) in [7, 11) is 1.55. The lowest BCUT2D eigenvalue weighted by atomic mass is 9.78. The second kappa shape index (κ2) is 12.6. The molecule has 3 aromatic carbocycles. The lowest BCUT2D eigenvalue weighted by Crippen LogP contribution is -2.20. The minimum absolute atomic E-state index is 0.210. The molecule has 7 nitrogen and oxygen atoms in total. The zero-order chi connectivity index (χ0) is 29.7. The minimum atomic E-state index is -0.545. The summed E-state index contributed by atoms with van der Waals surface area (Å²) in [6, 6.07) is 15.3. The number of nitrogens with zero attached hydrogens (tertiary/aromatic N) is 1. The molecule has 3 aromatic rings. The third-order valence-corrected chi connectivity index (χ3v) is 6.61. The zero-order valence-electron chi connectivity index (χ0n) is 24.1. The van der Waals surface area contributed by atoms with Gasteiger partial charge in [0.25, 0.3) is 0 Å². The van der Waals surface area contributed by atoms with Gasteiger partial charge < -0.3 is 14.6 Å². The van der Waals surface area contributed by atoms with Crippen LogP contribution in [0, 0.1) is 0 Å². The standard InChI is InChI=1S/C32H37ClN2O5/c1-31(2,3)24-16-20(17-25(29(24)37)32(4,5)6)9-15-28(36)35-34-19-21-8-14-27(26(33)18-21)40-30(38)22-10-12-23(39-7)13-11-22/h8,10-14,16-19,37H,9,15H2,1-7H3,(H,35,36)/b34-19-. The van der Waals surface area contributed by atoms with Crippen LogP contribution >= 0.6 is 11.6 Å². The van der Waals surface area contributed by atoms with E-state index in [1.54, 1.807) is 49.6 Å². The quantitative estimate of drug-likeness (QED) is 0.133. The highest BCUT2D eigenvalue weighted by Crippen LogP contribution is 2.40. The summed E-state index contributed by atoms with van der Waals surface area (Å²) in [6.07, 6.45) is 2.21. The number of methoxy groups -OCH3 is 1. The van der Waals surface area contributed by atoms with Crippen LogP contribution in [0.5, 0.6) is 17.2 Å². The van der Waals surface area contributed by atoms with Gasteiger partial charge in [0.1, 0.15) is 17.2 Å². The van der Waals surface area contributed by atoms with Gasteiger partial charge >= 0.3 is 5.97 Å². The highest BCUT2D eigenvalue weighted by molar-refractivity contribution is 6.32. The lowest BCUT2D eigenvalue weighted by molar-refractivity contribution is -0.121. The Balaban J connectivity index is 1.60. The van der Waals surface area contributed by atoms with Crippen molar-refractivity contribution < 1.29 is 24.2 Å². The fourth-order valence-corrected chi connectivity index (χ4v) is 4.27. The van der Waals surface area contributed by atoms with E-state index in [-0.39, 0.29) is 33.9 Å². The fourth-order valence-electron chi connectivity index (χ4n) is 4.04. The molecule has 0 radical (unpaired) electrons. The van der Waals surface area contributed by atoms with Crippen molar-refractivity contribution in [3.63, 3.8) is 0 Å². The molecule has 0 saturated heterocycles. The van der Waals surface area contributed by atoms with E-state index in [4.69, 9.17) is 21.1 Å². The number of carbonyl (C=O) groups is 2. The molecule has 0 bridgehead atoms. The van der Waals surface area contributed by atoms with E-state index < -0.39 is 5.97 Å². The van der Waals surface area contributed by atoms with Crippen LogP contribution in [0.15, 0.2) is 59.7 Å². The number of aryl methyl sites for hydroxylation is 1. The van der Waals surface area contributed by atoms with Gasteiger partial charge in [0.15, 0.2) is 0 Å². The number of benzene rings is 3. The monoisotopic (exact) mass is 564 g/mol. The first kappa shape index (κ1) is 30.7. The molecule has 0 heterocycles. The van der Waals surface area contributed by atoms with Crippen LogP contribution in [0.4, 0.5) is 0 Å². The number of hydrogen-bond acceptors (Lipinski definition) is 6. The van der Waals surface area contributed by atoms with Crippen molar-refractivity contribution >= 4 is 29.7 Å². The molecule has 8 heteroatoms. The second-order valence-electron chi connectivity index (χ2n) is 11.6. The third-order valence-electron chi connectivity index (χ3n) is 6.31. The predicted molar refractivity (Wildman–Crippen MR) is 159 cm³/mol. The van der Waals surface area contributed by atoms with Crippen molar-refractivity contribution in [2.75, 3.05) is 7.11 Å². The van der Waals surface area contributed by atoms with Crippen molar-refractivity contribution in [1.82, 2.24) is 5.43 Å². The number of rotatable bonds is 8. The molecular formula is C32H37ClN2O5. The lowest BCUT2D eigenvalue weighted by Gasteiger charge is -2.28. The Morgan fingerprint density at radius 3 is 2.08 bits per heavy atom. The Labute approximate surface area is 241 Å². The molecule has 0 unspecified atom stereocenters. The van der Waals surface area contributed by atoms with Crippen molar-refractivity contribution in [2.45, 2.75) is 65.2 Å². The van der Waals surface area contributed by atoms with Crippen molar-refractivity contribution in [3.05, 3.63) is 87.4 Å². The summed E-state index contributed by atoms with van der Waals surface area (Å²) in [5, 5.41) is 15.2. The molecule has 3 rings (SSSR count). The van der Waals surface area contributed by atoms with Gasteiger partial charge in [-0.25, -0.2) is 10.2 Å². The highest BCUT2D eigenvalue weighted by Gasteiger charge is 2.26. The van der Waals surface area contributed by atoms with Gasteiger partial charge in [-0.15, -0.1) is 0 Å². The number of phenols is 1. The average molecular weight is 565 g/mol. The van der Waals surface area contributed by atoms with Crippen LogP contribution in [0.3, 0.4) is 0 Å². The van der Waals surface area contributed by atoms with E-state index in [1.807, 2.05) is 12.1 Å². The van der Waals surface area contributed by atoms with Gasteiger partial charge in [-0.1, -0.05) is 65.3 Å². The molecule has 0 spiro atoms. The largest absolute Gasteiger partial charge is 0.507 e. The Kier molecular flexibility index (Phi) is 9.64. The number of carbonyl (C=O) groups excluding carboxylic acids is 2. The van der Waals surface area contributed by atoms with Crippen LogP contribution in [0.25, 0.3) is 0 Å². The highest BCUT2D eigenvalue weighted by atomic mass is 35.5. The van der Waals surface area contributed by atoms with Crippen LogP contribution in [-0.2, 0) is 22.0 Å². The SMILES string of the molecule is COc1ccc(C(=O)Oc2ccc(/C=N\NC(=O)CCc3cc(C(C)(C)C)c(O)c(C(C)(C)C)c3)cc2Cl)cc1. The van der Waals surface area contributed by atoms with Gasteiger partial charge in [0.2, 0.25) is 5.91 Å². The molecule has 0 atom stereocenters. The molecule has 40 heavy (non-hydrogen) atoms. The van der Waals surface area contributed by atoms with Gasteiger partial charge in [0.05, 0.1) is 23.9 Å². The van der Waals surface area contributed by atoms with E-state index in [0.29, 0.717) is 29.0 Å². The third kappa shape index (κ3) is 8.09. The van der Waals surface area contributed by atoms with Crippen molar-refractivity contribution in [2.24, 2.45) is 5.10 Å². The summed E-state index contributed by atoms with van der Waals surface area (Å²) in [5.41, 5.74) is 5.76. The summed E-state index contributed by atoms with van der Waals surface area (Å²) in [6.45, 7) is 12.4. The van der Waals surface area contributed by atoms with Gasteiger partial charge in [0, 0.05) is 6.42 Å². The number of esters is 1. The number of ether oxygens (including phenoxy) is 2. The molecular weight excluding hydrogens is 528 g/mol. The average Bonchev–Trinajstić information content (AvgIpc) is 2.88. The molecule has 0 aliphatic heterocycles. The smallest absolute Gasteiger partial charge is 0.343 e. The first-order valence-electron chi connectivity index (χ1n) is 13.0. The Morgan fingerprint density at radius 2 is 1.55 bits per heavy atom. The second-order valence-corrected chi connectivity index (χ2v) is 12.0. The first-order chi connectivity index (χ1) is 18.7. The molecule has 2 N–H and O–H groups in total. The summed E-state index contributed by atoms with van der Waals surface area (Å²) in [5.74, 6) is 0.376. The number of aromatic hydroxyl groups is 1. The first-order valence-corrected chi connectivity index (χ1v) is 13.4. The minimum Gasteiger partial charge on any atom is -0.507 e. The zero-order valence-corrected chi connectivity index (χ0v) is 24.8. The number of phenolic OH excluding ortho intramolecular Hbond substituents is 1. The van der Waals surface area contributed by atoms with Crippen LogP contribution in [0.2, 0.25) is 5.02 Å². The summed E-state index contributed by atoms with van der Waals surface area (Å²) in [4.78, 5) is 24.9. The van der Waals surface area contributed by atoms with Gasteiger partial charge in [-0.05, 0) is 82.0 Å². The van der Waals surface area contributed by atoms with Crippen molar-refractivity contribution in [3.8, 4) is 17.2 Å². The topological polar surface area (TPSA) is 97.2 Å². The maximum Gasteiger partial charge on any atom is 0.343 e. The molecule has 0 fully saturated rings. The maximum absolute atomic E-state index is 12.5. The van der Waals surface area contributed by atoms with Gasteiger partial charge in [-0.2, -0.15) is 5.10 Å². The van der Waals surface area contributed by atoms with E-state index in [0.717, 1.165) is 16.7 Å². The maximum atomic E-state index is 12.5. The van der Waals surface area contributed by atoms with Gasteiger partial charge in [-0.3, -0.25) is 4.79 Å². The molecule has 0 aromatic heterocycles. The summed E-state index contributed by atoms with van der Waals surface area (Å²) < 4.78 is 10.5. The Morgan fingerprint density at radius 1 is 0.950 bits per heavy atom. The molecule has 0 aliphatic carbocycles. The predicted octanol–water partition coefficient (Wildman–Crippen LogP) is 6.95. The molecule has 212 valence electrons. The Hall–Kier alpha value is -3.84. The number of halogens is 1. The fraction of sp³-hybridized carbons (Fsp3) is 0.344. The number of hydrogen-bond donors (Lipinski definition) is 2. The Bertz CT molecular complexity index is 1370. The normalized spacial score (nSPS) is 11.9. The van der Waals surface area contributed by atoms with Crippen LogP contribution in [-0.4, -0.2) is 30.3 Å². The molecule has 0 saturated carbocycles. The molecule has 1 amide bonds.